The highest BCUT2D eigenvalue weighted by Crippen LogP contribution is 2.26. The molecule has 1 rings (SSSR count). The van der Waals surface area contributed by atoms with Gasteiger partial charge in [-0.3, -0.25) is 0 Å². The predicted octanol–water partition coefficient (Wildman–Crippen LogP) is 3.32. The van der Waals surface area contributed by atoms with E-state index in [-0.39, 0.29) is 0 Å². The Bertz CT molecular complexity index is 299. The third-order valence-electron chi connectivity index (χ3n) is 1.50. The van der Waals surface area contributed by atoms with Gasteiger partial charge in [-0.05, 0) is 23.8 Å². The third-order valence-corrected chi connectivity index (χ3v) is 2.46. The highest BCUT2D eigenvalue weighted by atomic mass is 79.9. The molecule has 0 amide bonds. The standard InChI is InChI=1S/C9H8BrClO/c1-2-9(12)7-5-6(11)3-4-8(7)10/h2-5,9,12H,1H2. The first kappa shape index (κ1) is 9.78. The summed E-state index contributed by atoms with van der Waals surface area (Å²) in [6.07, 6.45) is 0.786. The minimum atomic E-state index is -0.668. The van der Waals surface area contributed by atoms with Crippen molar-refractivity contribution in [3.63, 3.8) is 0 Å². The average Bonchev–Trinajstić information content (AvgIpc) is 2.08. The average molecular weight is 248 g/mol. The largest absolute Gasteiger partial charge is 0.384 e. The summed E-state index contributed by atoms with van der Waals surface area (Å²) in [5.41, 5.74) is 0.734. The molecule has 1 aromatic rings. The summed E-state index contributed by atoms with van der Waals surface area (Å²) in [6, 6.07) is 5.26. The van der Waals surface area contributed by atoms with Crippen LogP contribution >= 0.6 is 27.5 Å². The highest BCUT2D eigenvalue weighted by molar-refractivity contribution is 9.10. The summed E-state index contributed by atoms with van der Waals surface area (Å²) < 4.78 is 0.833. The van der Waals surface area contributed by atoms with Crippen LogP contribution in [0.2, 0.25) is 5.02 Å². The van der Waals surface area contributed by atoms with E-state index in [0.717, 1.165) is 10.0 Å². The molecule has 0 spiro atoms. The summed E-state index contributed by atoms with van der Waals surface area (Å²) in [5, 5.41) is 10.0. The fourth-order valence-corrected chi connectivity index (χ4v) is 1.53. The van der Waals surface area contributed by atoms with E-state index < -0.39 is 6.10 Å². The predicted molar refractivity (Wildman–Crippen MR) is 54.3 cm³/mol. The summed E-state index contributed by atoms with van der Waals surface area (Å²) in [5.74, 6) is 0. The molecule has 0 bridgehead atoms. The van der Waals surface area contributed by atoms with Crippen LogP contribution in [0.3, 0.4) is 0 Å². The second kappa shape index (κ2) is 4.08. The maximum Gasteiger partial charge on any atom is 0.0980 e. The molecule has 12 heavy (non-hydrogen) atoms. The molecule has 1 atom stereocenters. The Morgan fingerprint density at radius 3 is 2.83 bits per heavy atom. The second-order valence-electron chi connectivity index (χ2n) is 2.35. The Labute approximate surface area is 84.8 Å². The van der Waals surface area contributed by atoms with Crippen molar-refractivity contribution in [2.45, 2.75) is 6.10 Å². The zero-order chi connectivity index (χ0) is 9.14. The van der Waals surface area contributed by atoms with Gasteiger partial charge in [-0.25, -0.2) is 0 Å². The van der Waals surface area contributed by atoms with Crippen LogP contribution in [0.25, 0.3) is 0 Å². The summed E-state index contributed by atoms with van der Waals surface area (Å²) in [7, 11) is 0. The van der Waals surface area contributed by atoms with Gasteiger partial charge < -0.3 is 5.11 Å². The monoisotopic (exact) mass is 246 g/mol. The van der Waals surface area contributed by atoms with E-state index in [0.29, 0.717) is 5.02 Å². The van der Waals surface area contributed by atoms with Crippen molar-refractivity contribution in [3.8, 4) is 0 Å². The van der Waals surface area contributed by atoms with Gasteiger partial charge in [0.1, 0.15) is 0 Å². The normalized spacial score (nSPS) is 12.6. The molecule has 1 aromatic carbocycles. The lowest BCUT2D eigenvalue weighted by molar-refractivity contribution is 0.228. The van der Waals surface area contributed by atoms with Gasteiger partial charge >= 0.3 is 0 Å². The van der Waals surface area contributed by atoms with Gasteiger partial charge in [-0.2, -0.15) is 0 Å². The van der Waals surface area contributed by atoms with Gasteiger partial charge in [0.15, 0.2) is 0 Å². The van der Waals surface area contributed by atoms with Crippen LogP contribution in [0.1, 0.15) is 11.7 Å². The molecule has 64 valence electrons. The van der Waals surface area contributed by atoms with Crippen LogP contribution in [0.15, 0.2) is 35.3 Å². The number of benzene rings is 1. The van der Waals surface area contributed by atoms with Crippen LogP contribution in [0.5, 0.6) is 0 Å². The topological polar surface area (TPSA) is 20.2 Å². The molecular weight excluding hydrogens is 239 g/mol. The maximum atomic E-state index is 9.43. The molecule has 0 aliphatic rings. The van der Waals surface area contributed by atoms with Crippen molar-refractivity contribution in [3.05, 3.63) is 45.9 Å². The van der Waals surface area contributed by atoms with Gasteiger partial charge in [-0.15, -0.1) is 6.58 Å². The molecule has 1 N–H and O–H groups in total. The Balaban J connectivity index is 3.12. The van der Waals surface area contributed by atoms with E-state index in [2.05, 4.69) is 22.5 Å². The number of rotatable bonds is 2. The maximum absolute atomic E-state index is 9.43. The van der Waals surface area contributed by atoms with Crippen molar-refractivity contribution in [2.75, 3.05) is 0 Å². The molecule has 0 aliphatic heterocycles. The van der Waals surface area contributed by atoms with E-state index in [1.165, 1.54) is 6.08 Å². The van der Waals surface area contributed by atoms with E-state index in [1.807, 2.05) is 0 Å². The number of hydrogen-bond donors (Lipinski definition) is 1. The molecule has 3 heteroatoms. The fraction of sp³-hybridized carbons (Fsp3) is 0.111. The van der Waals surface area contributed by atoms with Crippen LogP contribution in [-0.4, -0.2) is 5.11 Å². The molecule has 0 saturated carbocycles. The van der Waals surface area contributed by atoms with Gasteiger partial charge in [0.05, 0.1) is 6.10 Å². The van der Waals surface area contributed by atoms with Crippen LogP contribution in [0, 0.1) is 0 Å². The van der Waals surface area contributed by atoms with Crippen LogP contribution in [0.4, 0.5) is 0 Å². The summed E-state index contributed by atoms with van der Waals surface area (Å²) in [6.45, 7) is 3.49. The van der Waals surface area contributed by atoms with E-state index in [1.54, 1.807) is 18.2 Å². The highest BCUT2D eigenvalue weighted by Gasteiger charge is 2.07. The summed E-state index contributed by atoms with van der Waals surface area (Å²) in [4.78, 5) is 0. The molecule has 1 unspecified atom stereocenters. The number of aliphatic hydroxyl groups excluding tert-OH is 1. The van der Waals surface area contributed by atoms with Crippen LogP contribution in [-0.2, 0) is 0 Å². The Morgan fingerprint density at radius 1 is 1.58 bits per heavy atom. The molecule has 1 nitrogen and oxygen atoms in total. The summed E-state index contributed by atoms with van der Waals surface area (Å²) >= 11 is 9.06. The molecule has 0 saturated heterocycles. The van der Waals surface area contributed by atoms with Crippen molar-refractivity contribution in [2.24, 2.45) is 0 Å². The van der Waals surface area contributed by atoms with E-state index in [9.17, 15) is 5.11 Å². The minimum absolute atomic E-state index is 0.606. The molecule has 0 fully saturated rings. The minimum Gasteiger partial charge on any atom is -0.384 e. The van der Waals surface area contributed by atoms with Gasteiger partial charge in [0, 0.05) is 9.50 Å². The van der Waals surface area contributed by atoms with Gasteiger partial charge in [-0.1, -0.05) is 33.6 Å². The van der Waals surface area contributed by atoms with Crippen molar-refractivity contribution in [1.82, 2.24) is 0 Å². The molecule has 0 radical (unpaired) electrons. The Morgan fingerprint density at radius 2 is 2.25 bits per heavy atom. The van der Waals surface area contributed by atoms with E-state index >= 15 is 0 Å². The number of aliphatic hydroxyl groups is 1. The van der Waals surface area contributed by atoms with Crippen molar-refractivity contribution >= 4 is 27.5 Å². The van der Waals surface area contributed by atoms with E-state index in [4.69, 9.17) is 11.6 Å². The lowest BCUT2D eigenvalue weighted by atomic mass is 10.1. The fourth-order valence-electron chi connectivity index (χ4n) is 0.868. The molecule has 0 heterocycles. The third kappa shape index (κ3) is 2.09. The van der Waals surface area contributed by atoms with Crippen molar-refractivity contribution in [1.29, 1.82) is 0 Å². The number of halogens is 2. The van der Waals surface area contributed by atoms with Gasteiger partial charge in [0.25, 0.3) is 0 Å². The second-order valence-corrected chi connectivity index (χ2v) is 3.64. The quantitative estimate of drug-likeness (QED) is 0.795. The number of hydrogen-bond acceptors (Lipinski definition) is 1. The molecule has 0 aliphatic carbocycles. The van der Waals surface area contributed by atoms with Crippen molar-refractivity contribution < 1.29 is 5.11 Å². The SMILES string of the molecule is C=CC(O)c1cc(Cl)ccc1Br. The first-order chi connectivity index (χ1) is 5.65. The van der Waals surface area contributed by atoms with Gasteiger partial charge in [0.2, 0.25) is 0 Å². The lowest BCUT2D eigenvalue weighted by Crippen LogP contribution is -1.93. The first-order valence-corrected chi connectivity index (χ1v) is 4.58. The van der Waals surface area contributed by atoms with Crippen LogP contribution < -0.4 is 0 Å². The molecular formula is C9H8BrClO. The lowest BCUT2D eigenvalue weighted by Gasteiger charge is -2.07. The zero-order valence-electron chi connectivity index (χ0n) is 6.30. The Hall–Kier alpha value is -0.310. The first-order valence-electron chi connectivity index (χ1n) is 3.40. The smallest absolute Gasteiger partial charge is 0.0980 e. The zero-order valence-corrected chi connectivity index (χ0v) is 8.64. The molecule has 0 aromatic heterocycles. The Kier molecular flexibility index (Phi) is 3.32.